The average Bonchev–Trinajstić information content (AvgIpc) is 2.56. The molecule has 0 aliphatic heterocycles. The van der Waals surface area contributed by atoms with E-state index in [9.17, 15) is 9.59 Å². The van der Waals surface area contributed by atoms with Crippen molar-refractivity contribution in [2.45, 2.75) is 0 Å². The number of nitrogens with zero attached hydrogens (tertiary/aromatic N) is 3. The molecule has 1 aromatic carbocycles. The van der Waals surface area contributed by atoms with E-state index in [1.807, 2.05) is 30.3 Å². The highest BCUT2D eigenvalue weighted by molar-refractivity contribution is 6.05. The van der Waals surface area contributed by atoms with E-state index in [0.29, 0.717) is 11.0 Å². The van der Waals surface area contributed by atoms with E-state index in [2.05, 4.69) is 4.98 Å². The van der Waals surface area contributed by atoms with Crippen LogP contribution in [0.25, 0.3) is 21.9 Å². The molecular formula is C13H11N3O2. The maximum absolute atomic E-state index is 12.2. The summed E-state index contributed by atoms with van der Waals surface area (Å²) in [5.41, 5.74) is 0.485. The number of hydrogen-bond acceptors (Lipinski definition) is 3. The summed E-state index contributed by atoms with van der Waals surface area (Å²) in [4.78, 5) is 27.7. The molecule has 0 bridgehead atoms. The number of hydrogen-bond donors (Lipinski definition) is 0. The van der Waals surface area contributed by atoms with Crippen LogP contribution in [0, 0.1) is 0 Å². The van der Waals surface area contributed by atoms with E-state index in [0.717, 1.165) is 15.5 Å². The Kier molecular flexibility index (Phi) is 2.10. The van der Waals surface area contributed by atoms with Crippen LogP contribution in [0.2, 0.25) is 0 Å². The second-order valence-corrected chi connectivity index (χ2v) is 4.23. The summed E-state index contributed by atoms with van der Waals surface area (Å²) in [6.45, 7) is 0. The maximum Gasteiger partial charge on any atom is 0.352 e. The van der Waals surface area contributed by atoms with Gasteiger partial charge in [-0.3, -0.25) is 9.36 Å². The van der Waals surface area contributed by atoms with Gasteiger partial charge in [0.05, 0.1) is 10.9 Å². The fourth-order valence-corrected chi connectivity index (χ4v) is 2.21. The molecule has 90 valence electrons. The highest BCUT2D eigenvalue weighted by Gasteiger charge is 2.14. The lowest BCUT2D eigenvalue weighted by molar-refractivity contribution is 0.786. The topological polar surface area (TPSA) is 56.9 Å². The lowest BCUT2D eigenvalue weighted by atomic mass is 10.2. The number of rotatable bonds is 0. The summed E-state index contributed by atoms with van der Waals surface area (Å²) in [5, 5.41) is 1.30. The molecule has 3 aromatic rings. The summed E-state index contributed by atoms with van der Waals surface area (Å²) >= 11 is 0. The largest absolute Gasteiger partial charge is 0.352 e. The molecular weight excluding hydrogens is 230 g/mol. The summed E-state index contributed by atoms with van der Waals surface area (Å²) in [6.07, 6.45) is 0. The number of aryl methyl sites for hydroxylation is 1. The minimum atomic E-state index is -0.525. The van der Waals surface area contributed by atoms with Gasteiger partial charge < -0.3 is 4.57 Å². The lowest BCUT2D eigenvalue weighted by Crippen LogP contribution is -2.32. The Bertz CT molecular complexity index is 890. The first-order valence-corrected chi connectivity index (χ1v) is 5.55. The Morgan fingerprint density at radius 2 is 1.72 bits per heavy atom. The van der Waals surface area contributed by atoms with Crippen LogP contribution in [0.4, 0.5) is 0 Å². The molecule has 0 radical (unpaired) electrons. The van der Waals surface area contributed by atoms with Crippen molar-refractivity contribution < 1.29 is 0 Å². The second-order valence-electron chi connectivity index (χ2n) is 4.23. The van der Waals surface area contributed by atoms with Crippen molar-refractivity contribution in [1.82, 2.24) is 14.1 Å². The molecule has 18 heavy (non-hydrogen) atoms. The van der Waals surface area contributed by atoms with Gasteiger partial charge >= 0.3 is 5.69 Å². The zero-order valence-corrected chi connectivity index (χ0v) is 10.0. The molecule has 5 heteroatoms. The highest BCUT2D eigenvalue weighted by atomic mass is 16.2. The molecule has 0 saturated heterocycles. The van der Waals surface area contributed by atoms with E-state index in [4.69, 9.17) is 0 Å². The van der Waals surface area contributed by atoms with E-state index in [1.165, 1.54) is 7.05 Å². The van der Waals surface area contributed by atoms with Gasteiger partial charge in [0, 0.05) is 19.5 Å². The van der Waals surface area contributed by atoms with Crippen molar-refractivity contribution >= 4 is 21.9 Å². The third-order valence-corrected chi connectivity index (χ3v) is 3.19. The molecule has 0 fully saturated rings. The Hall–Kier alpha value is -2.43. The first-order chi connectivity index (χ1) is 8.61. The van der Waals surface area contributed by atoms with Crippen LogP contribution in [0.3, 0.4) is 0 Å². The maximum atomic E-state index is 12.2. The van der Waals surface area contributed by atoms with Crippen LogP contribution in [0.1, 0.15) is 0 Å². The zero-order chi connectivity index (χ0) is 12.9. The van der Waals surface area contributed by atoms with Gasteiger partial charge in [0.2, 0.25) is 0 Å². The van der Waals surface area contributed by atoms with E-state index < -0.39 is 5.69 Å². The van der Waals surface area contributed by atoms with Crippen molar-refractivity contribution in [3.8, 4) is 0 Å². The third kappa shape index (κ3) is 1.24. The van der Waals surface area contributed by atoms with Crippen molar-refractivity contribution in [1.29, 1.82) is 0 Å². The van der Waals surface area contributed by atoms with Crippen molar-refractivity contribution in [2.75, 3.05) is 0 Å². The monoisotopic (exact) mass is 241 g/mol. The van der Waals surface area contributed by atoms with E-state index in [-0.39, 0.29) is 5.56 Å². The molecule has 0 N–H and O–H groups in total. The first kappa shape index (κ1) is 10.7. The standard InChI is InChI=1S/C13H11N3O2/c1-15-9-7-5-3-4-6-8(9)10-11(15)14-13(18)16(2)12(10)17/h3-7H,1-2H3. The van der Waals surface area contributed by atoms with Crippen LogP contribution in [-0.2, 0) is 14.1 Å². The molecule has 0 amide bonds. The van der Waals surface area contributed by atoms with Gasteiger partial charge in [-0.15, -0.1) is 0 Å². The van der Waals surface area contributed by atoms with Gasteiger partial charge in [0.15, 0.2) is 5.65 Å². The fraction of sp³-hybridized carbons (Fsp3) is 0.154. The van der Waals surface area contributed by atoms with Gasteiger partial charge in [0.25, 0.3) is 5.56 Å². The Morgan fingerprint density at radius 1 is 1.00 bits per heavy atom. The Morgan fingerprint density at radius 3 is 2.50 bits per heavy atom. The van der Waals surface area contributed by atoms with Crippen LogP contribution < -0.4 is 11.2 Å². The SMILES string of the molecule is Cn1c(=O)nc2c(c1=O)c1cccccc1n2C. The quantitative estimate of drug-likeness (QED) is 0.584. The van der Waals surface area contributed by atoms with Crippen LogP contribution >= 0.6 is 0 Å². The van der Waals surface area contributed by atoms with Crippen LogP contribution in [0.15, 0.2) is 39.9 Å². The third-order valence-electron chi connectivity index (χ3n) is 3.19. The van der Waals surface area contributed by atoms with E-state index in [1.54, 1.807) is 11.6 Å². The zero-order valence-electron chi connectivity index (χ0n) is 10.0. The van der Waals surface area contributed by atoms with Gasteiger partial charge in [-0.25, -0.2) is 4.79 Å². The number of fused-ring (bicyclic) bond motifs is 3. The molecule has 0 atom stereocenters. The lowest BCUT2D eigenvalue weighted by Gasteiger charge is -1.96. The Labute approximate surface area is 102 Å². The molecule has 2 aromatic heterocycles. The highest BCUT2D eigenvalue weighted by Crippen LogP contribution is 2.21. The summed E-state index contributed by atoms with van der Waals surface area (Å²) < 4.78 is 2.81. The van der Waals surface area contributed by atoms with Gasteiger partial charge in [-0.1, -0.05) is 24.3 Å². The Balaban J connectivity index is 2.78. The minimum Gasteiger partial charge on any atom is -0.328 e. The molecule has 0 spiro atoms. The molecule has 3 rings (SSSR count). The summed E-state index contributed by atoms with van der Waals surface area (Å²) in [5.74, 6) is 0. The molecule has 2 heterocycles. The summed E-state index contributed by atoms with van der Waals surface area (Å²) in [6, 6.07) is 9.42. The van der Waals surface area contributed by atoms with Gasteiger partial charge in [-0.2, -0.15) is 4.98 Å². The van der Waals surface area contributed by atoms with E-state index >= 15 is 0 Å². The normalized spacial score (nSPS) is 11.2. The van der Waals surface area contributed by atoms with Crippen molar-refractivity contribution in [3.63, 3.8) is 0 Å². The van der Waals surface area contributed by atoms with Crippen LogP contribution in [-0.4, -0.2) is 14.1 Å². The van der Waals surface area contributed by atoms with Gasteiger partial charge in [-0.05, 0) is 6.07 Å². The smallest absolute Gasteiger partial charge is 0.328 e. The predicted molar refractivity (Wildman–Crippen MR) is 69.7 cm³/mol. The molecule has 0 saturated carbocycles. The van der Waals surface area contributed by atoms with Gasteiger partial charge in [0.1, 0.15) is 0 Å². The first-order valence-electron chi connectivity index (χ1n) is 5.55. The predicted octanol–water partition coefficient (Wildman–Crippen LogP) is 0.785. The fourth-order valence-electron chi connectivity index (χ4n) is 2.21. The van der Waals surface area contributed by atoms with Crippen molar-refractivity contribution in [3.05, 3.63) is 51.2 Å². The molecule has 0 aliphatic rings. The molecule has 0 unspecified atom stereocenters. The second kappa shape index (κ2) is 3.53. The van der Waals surface area contributed by atoms with Crippen molar-refractivity contribution in [2.24, 2.45) is 14.1 Å². The molecule has 0 aliphatic carbocycles. The minimum absolute atomic E-state index is 0.304. The van der Waals surface area contributed by atoms with Crippen LogP contribution in [0.5, 0.6) is 0 Å². The molecule has 5 nitrogen and oxygen atoms in total. The summed E-state index contributed by atoms with van der Waals surface area (Å²) in [7, 11) is 3.25. The number of aromatic nitrogens is 3. The average molecular weight is 241 g/mol.